The molecule has 17 heavy (non-hydrogen) atoms. The second-order valence-corrected chi connectivity index (χ2v) is 4.20. The second kappa shape index (κ2) is 4.54. The topological polar surface area (TPSA) is 45.5 Å². The number of nitrogens with zero attached hydrogens (tertiary/aromatic N) is 2. The Morgan fingerprint density at radius 3 is 2.47 bits per heavy atom. The lowest BCUT2D eigenvalue weighted by Crippen LogP contribution is -2.28. The maximum Gasteiger partial charge on any atom is 0.163 e. The molecule has 90 valence electrons. The summed E-state index contributed by atoms with van der Waals surface area (Å²) in [7, 11) is 1.91. The van der Waals surface area contributed by atoms with E-state index in [0.717, 1.165) is 22.7 Å². The van der Waals surface area contributed by atoms with Crippen molar-refractivity contribution in [2.24, 2.45) is 0 Å². The Hall–Kier alpha value is -1.89. The first-order valence-corrected chi connectivity index (χ1v) is 5.66. The summed E-state index contributed by atoms with van der Waals surface area (Å²) in [5.74, 6) is 1.55. The lowest BCUT2D eigenvalue weighted by atomic mass is 10.1. The minimum atomic E-state index is -0.170. The van der Waals surface area contributed by atoms with Gasteiger partial charge >= 0.3 is 0 Å². The minimum Gasteiger partial charge on any atom is -0.486 e. The summed E-state index contributed by atoms with van der Waals surface area (Å²) in [6.45, 7) is 5.05. The molecule has 1 heterocycles. The van der Waals surface area contributed by atoms with Crippen molar-refractivity contribution in [2.45, 2.75) is 19.9 Å². The van der Waals surface area contributed by atoms with Gasteiger partial charge in [0.2, 0.25) is 0 Å². The molecule has 0 saturated heterocycles. The summed E-state index contributed by atoms with van der Waals surface area (Å²) >= 11 is 0. The van der Waals surface area contributed by atoms with E-state index in [1.54, 1.807) is 0 Å². The maximum atomic E-state index is 8.95. The lowest BCUT2D eigenvalue weighted by Gasteiger charge is -2.26. The van der Waals surface area contributed by atoms with Crippen LogP contribution in [0.15, 0.2) is 12.1 Å². The average molecular weight is 232 g/mol. The molecule has 0 aromatic heterocycles. The van der Waals surface area contributed by atoms with Gasteiger partial charge in [-0.2, -0.15) is 5.26 Å². The van der Waals surface area contributed by atoms with E-state index in [-0.39, 0.29) is 6.04 Å². The van der Waals surface area contributed by atoms with Gasteiger partial charge in [0.05, 0.1) is 6.07 Å². The Morgan fingerprint density at radius 2 is 1.88 bits per heavy atom. The molecule has 1 unspecified atom stereocenters. The van der Waals surface area contributed by atoms with Crippen molar-refractivity contribution in [3.63, 3.8) is 0 Å². The van der Waals surface area contributed by atoms with Gasteiger partial charge in [-0.15, -0.1) is 0 Å². The molecule has 1 aliphatic rings. The summed E-state index contributed by atoms with van der Waals surface area (Å²) in [6.07, 6.45) is 0. The zero-order chi connectivity index (χ0) is 12.4. The Balaban J connectivity index is 2.38. The van der Waals surface area contributed by atoms with Gasteiger partial charge in [0, 0.05) is 18.8 Å². The van der Waals surface area contributed by atoms with Gasteiger partial charge in [0.15, 0.2) is 11.5 Å². The highest BCUT2D eigenvalue weighted by Gasteiger charge is 2.18. The second-order valence-electron chi connectivity index (χ2n) is 4.20. The SMILES string of the molecule is Cc1cc2c(cc1N(C)C(C)C#N)OCCO2. The highest BCUT2D eigenvalue weighted by atomic mass is 16.6. The van der Waals surface area contributed by atoms with E-state index in [2.05, 4.69) is 6.07 Å². The van der Waals surface area contributed by atoms with E-state index in [4.69, 9.17) is 14.7 Å². The summed E-state index contributed by atoms with van der Waals surface area (Å²) in [5.41, 5.74) is 2.09. The molecule has 4 heteroatoms. The average Bonchev–Trinajstić information content (AvgIpc) is 2.36. The predicted molar refractivity (Wildman–Crippen MR) is 65.6 cm³/mol. The van der Waals surface area contributed by atoms with Gasteiger partial charge in [-0.3, -0.25) is 0 Å². The van der Waals surface area contributed by atoms with Gasteiger partial charge < -0.3 is 14.4 Å². The number of ether oxygens (including phenoxy) is 2. The maximum absolute atomic E-state index is 8.95. The summed E-state index contributed by atoms with van der Waals surface area (Å²) in [4.78, 5) is 1.94. The number of nitriles is 1. The number of fused-ring (bicyclic) bond motifs is 1. The molecule has 2 rings (SSSR count). The molecular formula is C13H16N2O2. The fraction of sp³-hybridized carbons (Fsp3) is 0.462. The van der Waals surface area contributed by atoms with Crippen molar-refractivity contribution in [3.8, 4) is 17.6 Å². The van der Waals surface area contributed by atoms with Crippen molar-refractivity contribution in [2.75, 3.05) is 25.2 Å². The van der Waals surface area contributed by atoms with Crippen LogP contribution < -0.4 is 14.4 Å². The highest BCUT2D eigenvalue weighted by Crippen LogP contribution is 2.36. The molecule has 1 atom stereocenters. The van der Waals surface area contributed by atoms with Crippen molar-refractivity contribution in [3.05, 3.63) is 17.7 Å². The molecule has 0 radical (unpaired) electrons. The Morgan fingerprint density at radius 1 is 1.29 bits per heavy atom. The van der Waals surface area contributed by atoms with E-state index >= 15 is 0 Å². The van der Waals surface area contributed by atoms with Gasteiger partial charge in [-0.25, -0.2) is 0 Å². The van der Waals surface area contributed by atoms with Crippen molar-refractivity contribution >= 4 is 5.69 Å². The molecule has 0 spiro atoms. The van der Waals surface area contributed by atoms with Crippen LogP contribution in [-0.2, 0) is 0 Å². The van der Waals surface area contributed by atoms with E-state index in [9.17, 15) is 0 Å². The van der Waals surface area contributed by atoms with Gasteiger partial charge in [0.1, 0.15) is 19.3 Å². The molecule has 1 aromatic carbocycles. The molecule has 4 nitrogen and oxygen atoms in total. The van der Waals surface area contributed by atoms with Crippen LogP contribution in [0.25, 0.3) is 0 Å². The van der Waals surface area contributed by atoms with Crippen LogP contribution in [0, 0.1) is 18.3 Å². The van der Waals surface area contributed by atoms with Crippen molar-refractivity contribution in [1.82, 2.24) is 0 Å². The van der Waals surface area contributed by atoms with Crippen LogP contribution in [0.3, 0.4) is 0 Å². The lowest BCUT2D eigenvalue weighted by molar-refractivity contribution is 0.171. The van der Waals surface area contributed by atoms with Gasteiger partial charge in [-0.05, 0) is 25.5 Å². The standard InChI is InChI=1S/C13H16N2O2/c1-9-6-12-13(17-5-4-16-12)7-11(9)15(3)10(2)8-14/h6-7,10H,4-5H2,1-3H3. The molecule has 1 aliphatic heterocycles. The zero-order valence-electron chi connectivity index (χ0n) is 10.4. The van der Waals surface area contributed by atoms with Crippen LogP contribution in [0.4, 0.5) is 5.69 Å². The third kappa shape index (κ3) is 2.14. The first kappa shape index (κ1) is 11.6. The van der Waals surface area contributed by atoms with Crippen molar-refractivity contribution in [1.29, 1.82) is 5.26 Å². The van der Waals surface area contributed by atoms with E-state index in [0.29, 0.717) is 13.2 Å². The zero-order valence-corrected chi connectivity index (χ0v) is 10.4. The monoisotopic (exact) mass is 232 g/mol. The van der Waals surface area contributed by atoms with E-state index in [1.165, 1.54) is 0 Å². The molecule has 0 bridgehead atoms. The molecule has 0 fully saturated rings. The number of aryl methyl sites for hydroxylation is 1. The minimum absolute atomic E-state index is 0.170. The summed E-state index contributed by atoms with van der Waals surface area (Å²) < 4.78 is 11.1. The third-order valence-electron chi connectivity index (χ3n) is 3.01. The predicted octanol–water partition coefficient (Wildman–Crippen LogP) is 2.11. The largest absolute Gasteiger partial charge is 0.486 e. The fourth-order valence-corrected chi connectivity index (χ4v) is 1.85. The Labute approximate surface area is 101 Å². The molecule has 0 amide bonds. The fourth-order valence-electron chi connectivity index (χ4n) is 1.85. The highest BCUT2D eigenvalue weighted by molar-refractivity contribution is 5.62. The van der Waals surface area contributed by atoms with Gasteiger partial charge in [-0.1, -0.05) is 0 Å². The number of benzene rings is 1. The summed E-state index contributed by atoms with van der Waals surface area (Å²) in [5, 5.41) is 8.95. The molecule has 0 saturated carbocycles. The quantitative estimate of drug-likeness (QED) is 0.783. The smallest absolute Gasteiger partial charge is 0.163 e. The van der Waals surface area contributed by atoms with E-state index in [1.807, 2.05) is 37.9 Å². The Kier molecular flexibility index (Phi) is 3.10. The number of hydrogen-bond donors (Lipinski definition) is 0. The van der Waals surface area contributed by atoms with Crippen molar-refractivity contribution < 1.29 is 9.47 Å². The molecule has 0 N–H and O–H groups in total. The third-order valence-corrected chi connectivity index (χ3v) is 3.01. The summed E-state index contributed by atoms with van der Waals surface area (Å²) in [6, 6.07) is 5.96. The van der Waals surface area contributed by atoms with Crippen LogP contribution in [-0.4, -0.2) is 26.3 Å². The van der Waals surface area contributed by atoms with Crippen LogP contribution in [0.5, 0.6) is 11.5 Å². The van der Waals surface area contributed by atoms with Gasteiger partial charge in [0.25, 0.3) is 0 Å². The number of rotatable bonds is 2. The van der Waals surface area contributed by atoms with Crippen LogP contribution in [0.1, 0.15) is 12.5 Å². The normalized spacial score (nSPS) is 14.9. The number of anilines is 1. The van der Waals surface area contributed by atoms with E-state index < -0.39 is 0 Å². The molecule has 1 aromatic rings. The first-order valence-electron chi connectivity index (χ1n) is 5.66. The Bertz CT molecular complexity index is 465. The molecular weight excluding hydrogens is 216 g/mol. The molecule has 0 aliphatic carbocycles. The van der Waals surface area contributed by atoms with Crippen LogP contribution in [0.2, 0.25) is 0 Å². The number of hydrogen-bond acceptors (Lipinski definition) is 4. The first-order chi connectivity index (χ1) is 8.13. The van der Waals surface area contributed by atoms with Crippen LogP contribution >= 0.6 is 0 Å².